The van der Waals surface area contributed by atoms with E-state index in [-0.39, 0.29) is 83.2 Å². The Balaban J connectivity index is 0.0000102. The van der Waals surface area contributed by atoms with Gasteiger partial charge < -0.3 is 23.8 Å². The smallest absolute Gasteiger partial charge is 0.143 e. The van der Waals surface area contributed by atoms with Crippen LogP contribution in [0.25, 0.3) is 72.1 Å². The van der Waals surface area contributed by atoms with Crippen molar-refractivity contribution >= 4 is 44.6 Å². The molecular formula is C82H75N4O2Pt-3. The van der Waals surface area contributed by atoms with Gasteiger partial charge in [-0.1, -0.05) is 246 Å². The van der Waals surface area contributed by atoms with Gasteiger partial charge in [0, 0.05) is 89.7 Å². The first-order valence-corrected chi connectivity index (χ1v) is 29.4. The molecule has 10 aromatic carbocycles. The first-order valence-electron chi connectivity index (χ1n) is 36.9. The Morgan fingerprint density at radius 2 is 0.955 bits per heavy atom. The standard InChI is InChI=1S/C82H75N4O2.Pt/c1-79(2,3)58-43-57(44-59(45-58)80(4,5)6)71-49-61(82(10,11)12)48-70(56-31-20-15-21-32-56)78(71)88-64-41-42-83-76(52-64)86-72-36-23-22-33-68(72)69-40-39-63(51-75(69)86)87-65-47-60(81(7,8)9)46-62(50-65)84-53-85(74-38-25-24-37-73(74)84)77-66(54-27-16-13-17-28-54)34-26-35-67(77)55-29-18-14-19-30-55;/h13-49,52-53H,1-12H3;/q-3;/i13D,14D,15D,16D,17D,18D,19D,20D,21D,27D,28D,29D,30D,31D,32D;. The summed E-state index contributed by atoms with van der Waals surface area (Å²) in [6.45, 7) is 27.2. The SMILES string of the molecule is [2H]c1c([2H])c([2H])c(-c2cc(C(C)(C)C)cc(-c3cc(C(C)(C)C)cc(C(C)(C)C)c3)c2Oc2ccnc(-n3c4[c-]c(Oc5[c-]c(N6[CH-]N(c7c(-c8c([2H])c([2H])c([2H])c([2H])c8[2H])cccc7-c7c([2H])c([2H])c([2H])c([2H])c7[2H])c7ccccc76)cc(C(C)(C)C)c5)ccc4c4ccccc43)c2)c([2H])c1[2H].[Pt]. The molecule has 7 heteroatoms. The molecule has 12 aromatic rings. The fourth-order valence-electron chi connectivity index (χ4n) is 11.2. The molecule has 6 nitrogen and oxygen atoms in total. The van der Waals surface area contributed by atoms with E-state index in [1.807, 2.05) is 94.4 Å². The maximum atomic E-state index is 9.41. The third-order valence-corrected chi connectivity index (χ3v) is 16.0. The average Bonchev–Trinajstić information content (AvgIpc) is 1.75. The second-order valence-corrected chi connectivity index (χ2v) is 26.4. The van der Waals surface area contributed by atoms with Gasteiger partial charge in [-0.15, -0.1) is 53.6 Å². The van der Waals surface area contributed by atoms with Crippen LogP contribution in [0, 0.1) is 18.8 Å². The van der Waals surface area contributed by atoms with Crippen LogP contribution in [0.1, 0.15) is 126 Å². The number of pyridine rings is 1. The minimum absolute atomic E-state index is 0. The van der Waals surface area contributed by atoms with Crippen LogP contribution in [0.15, 0.2) is 230 Å². The summed E-state index contributed by atoms with van der Waals surface area (Å²) in [7, 11) is 0. The molecule has 89 heavy (non-hydrogen) atoms. The third kappa shape index (κ3) is 12.0. The van der Waals surface area contributed by atoms with E-state index in [2.05, 4.69) is 119 Å². The zero-order valence-electron chi connectivity index (χ0n) is 66.8. The van der Waals surface area contributed by atoms with Gasteiger partial charge in [0.2, 0.25) is 0 Å². The van der Waals surface area contributed by atoms with Crippen molar-refractivity contribution in [2.75, 3.05) is 9.80 Å². The van der Waals surface area contributed by atoms with Gasteiger partial charge in [-0.05, 0) is 102 Å². The number of aromatic nitrogens is 2. The molecule has 448 valence electrons. The largest absolute Gasteiger partial charge is 0.509 e. The van der Waals surface area contributed by atoms with Crippen LogP contribution in [0.4, 0.5) is 22.7 Å². The maximum Gasteiger partial charge on any atom is 0.143 e. The van der Waals surface area contributed by atoms with E-state index in [9.17, 15) is 8.22 Å². The van der Waals surface area contributed by atoms with Gasteiger partial charge in [0.05, 0.1) is 20.6 Å². The van der Waals surface area contributed by atoms with Crippen LogP contribution in [0.3, 0.4) is 0 Å². The van der Waals surface area contributed by atoms with Gasteiger partial charge in [-0.2, -0.15) is 6.07 Å². The number of hydrogen-bond acceptors (Lipinski definition) is 5. The average molecular weight is 1360 g/mol. The molecule has 0 fully saturated rings. The summed E-state index contributed by atoms with van der Waals surface area (Å²) in [5.74, 6) is 1.69. The van der Waals surface area contributed by atoms with Crippen molar-refractivity contribution in [3.63, 3.8) is 0 Å². The van der Waals surface area contributed by atoms with E-state index < -0.39 is 89.4 Å². The summed E-state index contributed by atoms with van der Waals surface area (Å²) in [6, 6.07) is 41.3. The Bertz CT molecular complexity index is 5330. The van der Waals surface area contributed by atoms with Crippen LogP contribution in [-0.4, -0.2) is 9.55 Å². The number of anilines is 4. The minimum atomic E-state index is -0.595. The molecule has 0 saturated carbocycles. The summed E-state index contributed by atoms with van der Waals surface area (Å²) in [4.78, 5) is 8.60. The molecule has 3 heterocycles. The zero-order valence-corrected chi connectivity index (χ0v) is 54.1. The monoisotopic (exact) mass is 1360 g/mol. The van der Waals surface area contributed by atoms with Crippen molar-refractivity contribution in [1.82, 2.24) is 9.55 Å². The molecule has 1 aliphatic heterocycles. The fraction of sp³-hybridized carbons (Fsp3) is 0.195. The Morgan fingerprint density at radius 1 is 0.438 bits per heavy atom. The molecule has 0 bridgehead atoms. The molecule has 0 radical (unpaired) electrons. The number of benzene rings is 10. The molecule has 13 rings (SSSR count). The molecule has 0 saturated heterocycles. The molecule has 0 atom stereocenters. The van der Waals surface area contributed by atoms with E-state index in [1.165, 1.54) is 0 Å². The Kier molecular flexibility index (Phi) is 11.8. The third-order valence-electron chi connectivity index (χ3n) is 16.0. The number of para-hydroxylation sites is 4. The van der Waals surface area contributed by atoms with Gasteiger partial charge >= 0.3 is 0 Å². The molecule has 0 aliphatic carbocycles. The minimum Gasteiger partial charge on any atom is -0.509 e. The van der Waals surface area contributed by atoms with Crippen molar-refractivity contribution in [3.05, 3.63) is 271 Å². The first-order chi connectivity index (χ1) is 48.3. The predicted octanol–water partition coefficient (Wildman–Crippen LogP) is 22.6. The topological polar surface area (TPSA) is 42.8 Å². The predicted molar refractivity (Wildman–Crippen MR) is 367 cm³/mol. The Morgan fingerprint density at radius 3 is 1.54 bits per heavy atom. The Hall–Kier alpha value is -8.96. The second-order valence-electron chi connectivity index (χ2n) is 26.4. The van der Waals surface area contributed by atoms with Gasteiger partial charge in [0.25, 0.3) is 0 Å². The number of nitrogens with zero attached hydrogens (tertiary/aromatic N) is 4. The van der Waals surface area contributed by atoms with Crippen LogP contribution in [0.2, 0.25) is 0 Å². The number of rotatable bonds is 11. The van der Waals surface area contributed by atoms with E-state index in [0.717, 1.165) is 44.1 Å². The Labute approximate surface area is 561 Å². The molecule has 0 unspecified atom stereocenters. The summed E-state index contributed by atoms with van der Waals surface area (Å²) < 4.78 is 150. The summed E-state index contributed by atoms with van der Waals surface area (Å²) in [5.41, 5.74) is 7.32. The van der Waals surface area contributed by atoms with Gasteiger partial charge in [0.1, 0.15) is 17.3 Å². The second kappa shape index (κ2) is 23.5. The van der Waals surface area contributed by atoms with Crippen molar-refractivity contribution in [2.45, 2.75) is 105 Å². The summed E-state index contributed by atoms with van der Waals surface area (Å²) in [6.07, 6.45) is 1.64. The number of ether oxygens (including phenoxy) is 2. The van der Waals surface area contributed by atoms with Crippen molar-refractivity contribution in [2.24, 2.45) is 0 Å². The van der Waals surface area contributed by atoms with E-state index in [1.54, 1.807) is 42.0 Å². The van der Waals surface area contributed by atoms with Crippen molar-refractivity contribution in [3.8, 4) is 73.3 Å². The molecule has 0 amide bonds. The molecule has 1 aliphatic rings. The molecule has 0 N–H and O–H groups in total. The first kappa shape index (κ1) is 44.5. The molecule has 0 spiro atoms. The van der Waals surface area contributed by atoms with E-state index in [0.29, 0.717) is 56.8 Å². The summed E-state index contributed by atoms with van der Waals surface area (Å²) >= 11 is 0. The van der Waals surface area contributed by atoms with Crippen LogP contribution in [0.5, 0.6) is 23.0 Å². The van der Waals surface area contributed by atoms with E-state index in [4.69, 9.17) is 26.8 Å². The van der Waals surface area contributed by atoms with Gasteiger partial charge in [0.15, 0.2) is 0 Å². The van der Waals surface area contributed by atoms with Gasteiger partial charge in [-0.25, -0.2) is 4.98 Å². The van der Waals surface area contributed by atoms with Crippen molar-refractivity contribution in [1.29, 1.82) is 0 Å². The van der Waals surface area contributed by atoms with Crippen LogP contribution in [-0.2, 0) is 42.7 Å². The fourth-order valence-corrected chi connectivity index (χ4v) is 11.2. The zero-order chi connectivity index (χ0) is 74.3. The van der Waals surface area contributed by atoms with Crippen LogP contribution < -0.4 is 19.3 Å². The quantitative estimate of drug-likeness (QED) is 0.121. The van der Waals surface area contributed by atoms with E-state index >= 15 is 0 Å². The van der Waals surface area contributed by atoms with Crippen LogP contribution >= 0.6 is 0 Å². The normalized spacial score (nSPS) is 15.1. The number of hydrogen-bond donors (Lipinski definition) is 0. The molecule has 2 aromatic heterocycles. The number of fused-ring (bicyclic) bond motifs is 4. The maximum absolute atomic E-state index is 9.41. The molecular weight excluding hydrogens is 1270 g/mol. The summed E-state index contributed by atoms with van der Waals surface area (Å²) in [5, 5.41) is 1.72. The van der Waals surface area contributed by atoms with Gasteiger partial charge in [-0.3, -0.25) is 0 Å². The van der Waals surface area contributed by atoms with Crippen molar-refractivity contribution < 1.29 is 51.1 Å².